The van der Waals surface area contributed by atoms with Crippen LogP contribution in [0.25, 0.3) is 55.1 Å². The lowest BCUT2D eigenvalue weighted by molar-refractivity contribution is 0.483. The molecule has 0 unspecified atom stereocenters. The van der Waals surface area contributed by atoms with E-state index in [1.165, 1.54) is 11.1 Å². The molecular weight excluding hydrogens is 843 g/mol. The van der Waals surface area contributed by atoms with E-state index in [1.807, 2.05) is 91.2 Å². The number of pyridine rings is 1. The van der Waals surface area contributed by atoms with Crippen LogP contribution in [0.1, 0.15) is 117 Å². The van der Waals surface area contributed by atoms with Crippen LogP contribution in [0.15, 0.2) is 164 Å². The van der Waals surface area contributed by atoms with Gasteiger partial charge >= 0.3 is 11.7 Å². The molecule has 3 aromatic heterocycles. The predicted octanol–water partition coefficient (Wildman–Crippen LogP) is 16.9. The summed E-state index contributed by atoms with van der Waals surface area (Å²) in [7, 11) is 0. The number of fused-ring (bicyclic) bond motifs is 7. The fourth-order valence-corrected chi connectivity index (χ4v) is 9.49. The Kier molecular flexibility index (Phi) is 8.07. The van der Waals surface area contributed by atoms with Crippen LogP contribution in [0.4, 0.5) is 22.7 Å². The van der Waals surface area contributed by atoms with Gasteiger partial charge in [0.15, 0.2) is 0 Å². The van der Waals surface area contributed by atoms with Crippen LogP contribution in [0.5, 0.6) is 11.5 Å². The van der Waals surface area contributed by atoms with E-state index in [4.69, 9.17) is 20.7 Å². The molecular formula is C63H61N5O+2. The largest absolute Gasteiger partial charge is 0.503 e. The van der Waals surface area contributed by atoms with Gasteiger partial charge in [0.1, 0.15) is 17.3 Å². The first-order valence-electron chi connectivity index (χ1n) is 28.0. The summed E-state index contributed by atoms with van der Waals surface area (Å²) in [4.78, 5) is 4.92. The molecule has 342 valence electrons. The van der Waals surface area contributed by atoms with E-state index < -0.39 is 30.1 Å². The normalized spacial score (nSPS) is 15.2. The molecule has 4 heterocycles. The maximum Gasteiger partial charge on any atom is 0.503 e. The second-order valence-corrected chi connectivity index (χ2v) is 21.5. The summed E-state index contributed by atoms with van der Waals surface area (Å²) in [5.74, 6) is 0.865. The first-order chi connectivity index (χ1) is 36.5. The van der Waals surface area contributed by atoms with Gasteiger partial charge < -0.3 is 9.30 Å². The van der Waals surface area contributed by atoms with E-state index >= 15 is 0 Å². The van der Waals surface area contributed by atoms with Gasteiger partial charge in [-0.25, -0.2) is 4.98 Å². The van der Waals surface area contributed by atoms with Gasteiger partial charge in [-0.2, -0.15) is 0 Å². The SMILES string of the molecule is [2H]c1c([2H])c([2H])c2c(c1[2H])c1c([2H])c([2H])c([2H])c([2H])c1n2-c1ccc2c(c1)c1ccc(Oc3cccc([N+]4=C=[N+](c5cc(C(C)(C)C)cc(C(C)(C)C)c5)c5c4cccc5C([2H])(C)C)c3)cc1n2-c1cc(C(C)(C)C)ccn1. The summed E-state index contributed by atoms with van der Waals surface area (Å²) >= 11 is 0. The minimum Gasteiger partial charge on any atom is -0.457 e. The molecule has 0 saturated heterocycles. The van der Waals surface area contributed by atoms with Crippen molar-refractivity contribution in [1.82, 2.24) is 23.3 Å². The molecule has 0 saturated carbocycles. The van der Waals surface area contributed by atoms with Gasteiger partial charge in [-0.1, -0.05) is 137 Å². The average molecular weight is 913 g/mol. The maximum absolute atomic E-state index is 9.31. The second-order valence-electron chi connectivity index (χ2n) is 21.5. The number of rotatable bonds is 7. The van der Waals surface area contributed by atoms with Crippen molar-refractivity contribution in [2.75, 3.05) is 0 Å². The van der Waals surface area contributed by atoms with Gasteiger partial charge in [0.05, 0.1) is 39.1 Å². The quantitative estimate of drug-likeness (QED) is 0.149. The van der Waals surface area contributed by atoms with Crippen LogP contribution in [0.3, 0.4) is 0 Å². The number of benzene rings is 7. The van der Waals surface area contributed by atoms with Crippen LogP contribution in [-0.4, -0.2) is 20.1 Å². The van der Waals surface area contributed by atoms with E-state index in [1.54, 1.807) is 16.8 Å². The third kappa shape index (κ3) is 7.64. The van der Waals surface area contributed by atoms with Crippen molar-refractivity contribution in [3.8, 4) is 23.0 Å². The summed E-state index contributed by atoms with van der Waals surface area (Å²) in [5.41, 5.74) is 9.56. The monoisotopic (exact) mass is 913 g/mol. The molecule has 10 aromatic rings. The summed E-state index contributed by atoms with van der Waals surface area (Å²) in [6.45, 7) is 23.7. The molecule has 69 heavy (non-hydrogen) atoms. The highest BCUT2D eigenvalue weighted by Crippen LogP contribution is 2.44. The number of para-hydroxylation sites is 3. The molecule has 1 aliphatic heterocycles. The third-order valence-electron chi connectivity index (χ3n) is 13.3. The Morgan fingerprint density at radius 1 is 0.551 bits per heavy atom. The zero-order valence-electron chi connectivity index (χ0n) is 50.1. The lowest BCUT2D eigenvalue weighted by Gasteiger charge is -2.24. The van der Waals surface area contributed by atoms with Gasteiger partial charge in [-0.05, 0) is 109 Å². The summed E-state index contributed by atoms with van der Waals surface area (Å²) in [6, 6.07) is 36.6. The Hall–Kier alpha value is -7.53. The van der Waals surface area contributed by atoms with Crippen LogP contribution in [0, 0.1) is 0 Å². The Labute approximate surface area is 418 Å². The van der Waals surface area contributed by atoms with E-state index in [9.17, 15) is 1.37 Å². The van der Waals surface area contributed by atoms with Gasteiger partial charge in [0.25, 0.3) is 5.69 Å². The van der Waals surface area contributed by atoms with Crippen molar-refractivity contribution >= 4 is 72.4 Å². The van der Waals surface area contributed by atoms with Gasteiger partial charge in [0.2, 0.25) is 11.4 Å². The standard InChI is InChI=1S/C63H61N5O/c1-40(2)49-22-17-25-57-60(49)66(46-33-42(62(6,7)8)32-43(34-46)63(9,10)11)39-65(57)44-18-16-19-47(36-44)69-48-27-28-52-53-37-45(67-54-23-14-12-20-50(54)51-21-13-15-24-55(51)67)26-29-56(53)68(58(52)38-48)59-35-41(30-31-64-59)61(3,4)5/h12-38,40H,1-11H3/q+2/i12D,13D,14D,15D,20D,21D,23D,24D,40D. The molecule has 1 aliphatic rings. The molecule has 0 bridgehead atoms. The van der Waals surface area contributed by atoms with Crippen molar-refractivity contribution < 1.29 is 17.1 Å². The topological polar surface area (TPSA) is 38.0 Å². The minimum atomic E-state index is -0.925. The maximum atomic E-state index is 9.31. The van der Waals surface area contributed by atoms with Gasteiger partial charge in [-0.15, -0.1) is 0 Å². The number of aromatic nitrogens is 3. The molecule has 11 rings (SSSR count). The van der Waals surface area contributed by atoms with E-state index in [2.05, 4.69) is 108 Å². The van der Waals surface area contributed by atoms with Crippen molar-refractivity contribution in [1.29, 1.82) is 0 Å². The summed E-state index contributed by atoms with van der Waals surface area (Å²) in [6.07, 6.45) is 1.80. The number of hydrogen-bond acceptors (Lipinski definition) is 2. The van der Waals surface area contributed by atoms with Crippen LogP contribution >= 0.6 is 0 Å². The van der Waals surface area contributed by atoms with E-state index in [-0.39, 0.29) is 62.2 Å². The predicted molar refractivity (Wildman–Crippen MR) is 290 cm³/mol. The highest BCUT2D eigenvalue weighted by Gasteiger charge is 2.40. The summed E-state index contributed by atoms with van der Waals surface area (Å²) < 4.78 is 94.6. The van der Waals surface area contributed by atoms with E-state index in [0.29, 0.717) is 23.0 Å². The van der Waals surface area contributed by atoms with E-state index in [0.717, 1.165) is 55.7 Å². The van der Waals surface area contributed by atoms with Crippen LogP contribution in [0.2, 0.25) is 0 Å². The van der Waals surface area contributed by atoms with Crippen molar-refractivity contribution in [2.45, 2.75) is 98.3 Å². The summed E-state index contributed by atoms with van der Waals surface area (Å²) in [5, 5.41) is 1.61. The number of nitrogens with zero attached hydrogens (tertiary/aromatic N) is 5. The molecule has 0 spiro atoms. The average Bonchev–Trinajstić information content (AvgIpc) is 4.29. The molecule has 6 heteroatoms. The highest BCUT2D eigenvalue weighted by molar-refractivity contribution is 6.12. The fraction of sp³-hybridized carbons (Fsp3) is 0.238. The molecule has 0 atom stereocenters. The Morgan fingerprint density at radius 3 is 1.87 bits per heavy atom. The Bertz CT molecular complexity index is 4200. The minimum absolute atomic E-state index is 0.0174. The number of ether oxygens (including phenoxy) is 1. The molecule has 0 N–H and O–H groups in total. The first-order valence-corrected chi connectivity index (χ1v) is 23.5. The lowest BCUT2D eigenvalue weighted by atomic mass is 9.80. The number of hydrogen-bond donors (Lipinski definition) is 0. The molecule has 7 aromatic carbocycles. The zero-order chi connectivity index (χ0) is 56.0. The fourth-order valence-electron chi connectivity index (χ4n) is 9.49. The molecule has 0 aliphatic carbocycles. The Balaban J connectivity index is 1.09. The van der Waals surface area contributed by atoms with Gasteiger partial charge in [0, 0.05) is 70.7 Å². The second kappa shape index (κ2) is 16.0. The van der Waals surface area contributed by atoms with Gasteiger partial charge in [-0.3, -0.25) is 4.57 Å². The highest BCUT2D eigenvalue weighted by atomic mass is 16.5. The van der Waals surface area contributed by atoms with Crippen molar-refractivity contribution in [3.63, 3.8) is 0 Å². The first kappa shape index (κ1) is 34.7. The third-order valence-corrected chi connectivity index (χ3v) is 13.3. The Morgan fingerprint density at radius 2 is 1.20 bits per heavy atom. The molecule has 0 fully saturated rings. The van der Waals surface area contributed by atoms with Crippen LogP contribution in [-0.2, 0) is 16.2 Å². The van der Waals surface area contributed by atoms with Crippen molar-refractivity contribution in [2.24, 2.45) is 0 Å². The lowest BCUT2D eigenvalue weighted by Crippen LogP contribution is -2.17. The molecule has 6 nitrogen and oxygen atoms in total. The smallest absolute Gasteiger partial charge is 0.457 e. The van der Waals surface area contributed by atoms with Crippen molar-refractivity contribution in [3.05, 3.63) is 186 Å². The molecule has 0 radical (unpaired) electrons. The zero-order valence-corrected chi connectivity index (χ0v) is 41.1. The van der Waals surface area contributed by atoms with Crippen LogP contribution < -0.4 is 13.9 Å². The molecule has 0 amide bonds.